The second-order valence-electron chi connectivity index (χ2n) is 9.44. The Hall–Kier alpha value is -4.24. The third kappa shape index (κ3) is 5.24. The van der Waals surface area contributed by atoms with E-state index in [4.69, 9.17) is 0 Å². The van der Waals surface area contributed by atoms with Crippen LogP contribution in [-0.4, -0.2) is 42.3 Å². The van der Waals surface area contributed by atoms with Crippen molar-refractivity contribution in [3.05, 3.63) is 111 Å². The average Bonchev–Trinajstić information content (AvgIpc) is 3.10. The summed E-state index contributed by atoms with van der Waals surface area (Å²) < 4.78 is 28.9. The zero-order valence-electron chi connectivity index (χ0n) is 21.2. The molecule has 4 aromatic rings. The van der Waals surface area contributed by atoms with Gasteiger partial charge in [-0.2, -0.15) is 0 Å². The lowest BCUT2D eigenvalue weighted by Gasteiger charge is -2.20. The third-order valence-corrected chi connectivity index (χ3v) is 8.15. The number of aromatic amines is 1. The van der Waals surface area contributed by atoms with Crippen molar-refractivity contribution in [3.8, 4) is 11.3 Å². The van der Waals surface area contributed by atoms with E-state index in [0.29, 0.717) is 18.8 Å². The normalized spacial score (nSPS) is 13.5. The molecule has 9 heteroatoms. The van der Waals surface area contributed by atoms with E-state index in [1.54, 1.807) is 11.0 Å². The van der Waals surface area contributed by atoms with Gasteiger partial charge in [-0.15, -0.1) is 0 Å². The molecule has 1 aromatic heterocycles. The van der Waals surface area contributed by atoms with Gasteiger partial charge in [-0.05, 0) is 67.1 Å². The number of aromatic nitrogens is 2. The number of nitrogens with zero attached hydrogens (tertiary/aromatic N) is 2. The Morgan fingerprint density at radius 2 is 1.53 bits per heavy atom. The molecule has 194 valence electrons. The van der Waals surface area contributed by atoms with Crippen LogP contribution in [0.15, 0.2) is 82.5 Å². The highest BCUT2D eigenvalue weighted by Gasteiger charge is 2.23. The van der Waals surface area contributed by atoms with E-state index < -0.39 is 15.6 Å². The highest BCUT2D eigenvalue weighted by atomic mass is 32.2. The lowest BCUT2D eigenvalue weighted by atomic mass is 10.00. The number of aryl methyl sites for hydroxylation is 2. The summed E-state index contributed by atoms with van der Waals surface area (Å²) in [5.41, 5.74) is 5.23. The molecule has 0 fully saturated rings. The molecule has 0 spiro atoms. The van der Waals surface area contributed by atoms with Crippen LogP contribution in [0.2, 0.25) is 0 Å². The summed E-state index contributed by atoms with van der Waals surface area (Å²) in [5, 5.41) is 0. The lowest BCUT2D eigenvalue weighted by molar-refractivity contribution is 0.0763. The maximum absolute atomic E-state index is 13.3. The predicted octanol–water partition coefficient (Wildman–Crippen LogP) is 4.10. The monoisotopic (exact) mass is 528 g/mol. The molecule has 0 saturated heterocycles. The summed E-state index contributed by atoms with van der Waals surface area (Å²) >= 11 is 0. The van der Waals surface area contributed by atoms with Crippen molar-refractivity contribution in [2.75, 3.05) is 17.8 Å². The maximum Gasteiger partial charge on any atom is 0.264 e. The number of H-pyrrole nitrogens is 1. The highest BCUT2D eigenvalue weighted by Crippen LogP contribution is 2.26. The van der Waals surface area contributed by atoms with Gasteiger partial charge in [0.1, 0.15) is 0 Å². The van der Waals surface area contributed by atoms with Crippen LogP contribution in [-0.2, 0) is 22.9 Å². The number of amides is 1. The van der Waals surface area contributed by atoms with E-state index >= 15 is 0 Å². The van der Waals surface area contributed by atoms with E-state index in [-0.39, 0.29) is 22.3 Å². The second-order valence-corrected chi connectivity index (χ2v) is 11.1. The number of nitrogens with one attached hydrogen (secondary N) is 2. The van der Waals surface area contributed by atoms with Crippen LogP contribution in [0.25, 0.3) is 11.3 Å². The number of anilines is 1. The fourth-order valence-electron chi connectivity index (χ4n) is 4.89. The highest BCUT2D eigenvalue weighted by molar-refractivity contribution is 7.92. The summed E-state index contributed by atoms with van der Waals surface area (Å²) in [4.78, 5) is 34.2. The van der Waals surface area contributed by atoms with E-state index in [0.717, 1.165) is 29.5 Å². The fourth-order valence-corrected chi connectivity index (χ4v) is 5.90. The van der Waals surface area contributed by atoms with Crippen LogP contribution in [0.4, 0.5) is 5.95 Å². The standard InChI is InChI=1S/C29H28N4O4S/c1-19-7-5-8-20(2)27(19)25-18-26(34)31-29(30-25)32-38(36,37)24-12-6-11-23(17-24)28(35)33-15-13-21-9-3-4-10-22(21)14-16-33/h3-12,17-18H,13-16H2,1-2H3,(H2,30,31,32,34). The van der Waals surface area contributed by atoms with Crippen molar-refractivity contribution < 1.29 is 13.2 Å². The first-order chi connectivity index (χ1) is 18.2. The van der Waals surface area contributed by atoms with E-state index in [1.807, 2.05) is 44.2 Å². The number of benzene rings is 3. The molecule has 1 amide bonds. The molecule has 0 unspecified atom stereocenters. The maximum atomic E-state index is 13.3. The van der Waals surface area contributed by atoms with Gasteiger partial charge in [-0.25, -0.2) is 18.1 Å². The quantitative estimate of drug-likeness (QED) is 0.405. The molecule has 0 bridgehead atoms. The molecule has 2 heterocycles. The van der Waals surface area contributed by atoms with Gasteiger partial charge in [-0.3, -0.25) is 14.6 Å². The molecule has 3 aromatic carbocycles. The molecule has 0 radical (unpaired) electrons. The largest absolute Gasteiger partial charge is 0.338 e. The van der Waals surface area contributed by atoms with Crippen LogP contribution in [0.3, 0.4) is 0 Å². The van der Waals surface area contributed by atoms with Gasteiger partial charge in [0.2, 0.25) is 5.95 Å². The van der Waals surface area contributed by atoms with E-state index in [1.165, 1.54) is 35.4 Å². The van der Waals surface area contributed by atoms with Crippen molar-refractivity contribution in [3.63, 3.8) is 0 Å². The first-order valence-corrected chi connectivity index (χ1v) is 13.9. The molecule has 0 saturated carbocycles. The molecule has 38 heavy (non-hydrogen) atoms. The Morgan fingerprint density at radius 3 is 2.18 bits per heavy atom. The summed E-state index contributed by atoms with van der Waals surface area (Å²) in [6.07, 6.45) is 1.49. The van der Waals surface area contributed by atoms with Gasteiger partial charge in [0, 0.05) is 30.3 Å². The van der Waals surface area contributed by atoms with Gasteiger partial charge in [0.25, 0.3) is 21.5 Å². The molecular weight excluding hydrogens is 500 g/mol. The number of rotatable bonds is 5. The molecule has 5 rings (SSSR count). The summed E-state index contributed by atoms with van der Waals surface area (Å²) in [6, 6.07) is 21.1. The Labute approximate surface area is 221 Å². The summed E-state index contributed by atoms with van der Waals surface area (Å²) in [6.45, 7) is 4.92. The van der Waals surface area contributed by atoms with E-state index in [9.17, 15) is 18.0 Å². The average molecular weight is 529 g/mol. The minimum absolute atomic E-state index is 0.0958. The smallest absolute Gasteiger partial charge is 0.264 e. The summed E-state index contributed by atoms with van der Waals surface area (Å²) in [5.74, 6) is -0.421. The number of carbonyl (C=O) groups excluding carboxylic acids is 1. The fraction of sp³-hybridized carbons (Fsp3) is 0.207. The molecule has 8 nitrogen and oxygen atoms in total. The zero-order chi connectivity index (χ0) is 26.9. The number of hydrogen-bond acceptors (Lipinski definition) is 5. The SMILES string of the molecule is Cc1cccc(C)c1-c1cc(=O)[nH]c(NS(=O)(=O)c2cccc(C(=O)N3CCc4ccccc4CC3)c2)n1. The van der Waals surface area contributed by atoms with Crippen LogP contribution in [0, 0.1) is 13.8 Å². The minimum Gasteiger partial charge on any atom is -0.338 e. The topological polar surface area (TPSA) is 112 Å². The Balaban J connectivity index is 1.39. The van der Waals surface area contributed by atoms with E-state index in [2.05, 4.69) is 26.8 Å². The minimum atomic E-state index is -4.14. The molecular formula is C29H28N4O4S. The van der Waals surface area contributed by atoms with Crippen LogP contribution < -0.4 is 10.3 Å². The molecule has 0 atom stereocenters. The van der Waals surface area contributed by atoms with Gasteiger partial charge >= 0.3 is 0 Å². The molecule has 1 aliphatic rings. The van der Waals surface area contributed by atoms with Crippen molar-refractivity contribution in [1.29, 1.82) is 0 Å². The second kappa shape index (κ2) is 10.3. The first kappa shape index (κ1) is 25.4. The van der Waals surface area contributed by atoms with Crippen molar-refractivity contribution in [2.24, 2.45) is 0 Å². The van der Waals surface area contributed by atoms with Crippen LogP contribution in [0.5, 0.6) is 0 Å². The van der Waals surface area contributed by atoms with Gasteiger partial charge in [0.05, 0.1) is 10.6 Å². The lowest BCUT2D eigenvalue weighted by Crippen LogP contribution is -2.33. The molecule has 0 aliphatic carbocycles. The number of fused-ring (bicyclic) bond motifs is 1. The first-order valence-electron chi connectivity index (χ1n) is 12.4. The van der Waals surface area contributed by atoms with Crippen LogP contribution in [0.1, 0.15) is 32.6 Å². The molecule has 2 N–H and O–H groups in total. The van der Waals surface area contributed by atoms with Crippen LogP contribution >= 0.6 is 0 Å². The van der Waals surface area contributed by atoms with Crippen molar-refractivity contribution >= 4 is 21.9 Å². The van der Waals surface area contributed by atoms with Gasteiger partial charge in [-0.1, -0.05) is 48.5 Å². The Morgan fingerprint density at radius 1 is 0.895 bits per heavy atom. The number of carbonyl (C=O) groups is 1. The third-order valence-electron chi connectivity index (χ3n) is 6.81. The van der Waals surface area contributed by atoms with Crippen molar-refractivity contribution in [1.82, 2.24) is 14.9 Å². The Bertz CT molecular complexity index is 1650. The number of sulfonamides is 1. The van der Waals surface area contributed by atoms with Crippen molar-refractivity contribution in [2.45, 2.75) is 31.6 Å². The van der Waals surface area contributed by atoms with Gasteiger partial charge < -0.3 is 4.90 Å². The number of hydrogen-bond donors (Lipinski definition) is 2. The Kier molecular flexibility index (Phi) is 6.86. The molecule has 1 aliphatic heterocycles. The summed E-state index contributed by atoms with van der Waals surface area (Å²) in [7, 11) is -4.14. The van der Waals surface area contributed by atoms with Gasteiger partial charge in [0.15, 0.2) is 0 Å². The zero-order valence-corrected chi connectivity index (χ0v) is 22.0. The predicted molar refractivity (Wildman–Crippen MR) is 147 cm³/mol.